The maximum Gasteiger partial charge on any atom is 0.410 e. The summed E-state index contributed by atoms with van der Waals surface area (Å²) in [5.74, 6) is -0.131. The number of fused-ring (bicyclic) bond motifs is 1. The van der Waals surface area contributed by atoms with E-state index < -0.39 is 29.2 Å². The van der Waals surface area contributed by atoms with E-state index in [9.17, 15) is 18.0 Å². The van der Waals surface area contributed by atoms with Crippen LogP contribution in [0.25, 0.3) is 10.9 Å². The summed E-state index contributed by atoms with van der Waals surface area (Å²) in [6.07, 6.45) is 5.00. The zero-order valence-corrected chi connectivity index (χ0v) is 33.5. The van der Waals surface area contributed by atoms with E-state index in [0.717, 1.165) is 30.0 Å². The molecule has 0 unspecified atom stereocenters. The normalized spacial score (nSPS) is 24.3. The quantitative estimate of drug-likeness (QED) is 0.118. The number of nitrogens with zero attached hydrogens (tertiary/aromatic N) is 6. The van der Waals surface area contributed by atoms with Gasteiger partial charge in [0.1, 0.15) is 12.3 Å². The molecule has 4 atom stereocenters. The number of rotatable bonds is 11. The predicted octanol–water partition coefficient (Wildman–Crippen LogP) is 6.07. The number of anilines is 1. The topological polar surface area (TPSA) is 118 Å². The summed E-state index contributed by atoms with van der Waals surface area (Å²) in [5.41, 5.74) is 0.312. The van der Waals surface area contributed by atoms with E-state index in [2.05, 4.69) is 31.1 Å². The lowest BCUT2D eigenvalue weighted by Crippen LogP contribution is -2.59. The van der Waals surface area contributed by atoms with Gasteiger partial charge in [-0.3, -0.25) is 14.4 Å². The molecule has 1 aliphatic carbocycles. The first-order valence-corrected chi connectivity index (χ1v) is 23.1. The van der Waals surface area contributed by atoms with Gasteiger partial charge in [0.15, 0.2) is 0 Å². The van der Waals surface area contributed by atoms with E-state index in [1.807, 2.05) is 53.1 Å². The Morgan fingerprint density at radius 2 is 1.72 bits per heavy atom. The van der Waals surface area contributed by atoms with Gasteiger partial charge in [-0.05, 0) is 92.0 Å². The number of ether oxygens (including phenoxy) is 2. The van der Waals surface area contributed by atoms with Crippen molar-refractivity contribution in [3.63, 3.8) is 0 Å². The average Bonchev–Trinajstić information content (AvgIpc) is 3.40. The zero-order valence-electron chi connectivity index (χ0n) is 31.7. The van der Waals surface area contributed by atoms with Crippen molar-refractivity contribution in [3.8, 4) is 0 Å². The highest BCUT2D eigenvalue weighted by Gasteiger charge is 2.50. The van der Waals surface area contributed by atoms with Gasteiger partial charge < -0.3 is 19.3 Å². The van der Waals surface area contributed by atoms with Crippen LogP contribution >= 0.6 is 0 Å². The molecule has 2 aromatic rings. The van der Waals surface area contributed by atoms with Gasteiger partial charge in [0, 0.05) is 57.0 Å². The predicted molar refractivity (Wildman–Crippen MR) is 200 cm³/mol. The van der Waals surface area contributed by atoms with E-state index in [-0.39, 0.29) is 47.8 Å². The second kappa shape index (κ2) is 13.9. The van der Waals surface area contributed by atoms with Gasteiger partial charge in [0.2, 0.25) is 15.9 Å². The van der Waals surface area contributed by atoms with Crippen LogP contribution in [0, 0.1) is 0 Å². The van der Waals surface area contributed by atoms with Crippen LogP contribution < -0.4 is 4.90 Å². The molecular formula is C36H58N6O6SSi. The molecule has 3 fully saturated rings. The van der Waals surface area contributed by atoms with Crippen LogP contribution in [0.1, 0.15) is 73.8 Å². The SMILES string of the molecule is C=CC(=O)N1C[C@H](n2ncc3c(N4C[C@H](C)N(C(=O)OC(C)(C)C)[C@@H](C)C4)cc(S(=O)(=O)N(COCC[Si](C)(C)C)C4(C)CC4)cc32)C[C@@H]1C. The van der Waals surface area contributed by atoms with Crippen molar-refractivity contribution >= 4 is 46.7 Å². The summed E-state index contributed by atoms with van der Waals surface area (Å²) in [5, 5.41) is 5.66. The fraction of sp³-hybridized carbons (Fsp3) is 0.694. The van der Waals surface area contributed by atoms with Crippen molar-refractivity contribution in [3.05, 3.63) is 31.0 Å². The molecule has 0 radical (unpaired) electrons. The molecule has 1 saturated carbocycles. The van der Waals surface area contributed by atoms with Crippen molar-refractivity contribution in [2.24, 2.45) is 0 Å². The van der Waals surface area contributed by atoms with Crippen molar-refractivity contribution in [2.45, 2.75) is 134 Å². The molecule has 1 aromatic carbocycles. The van der Waals surface area contributed by atoms with Gasteiger partial charge in [-0.15, -0.1) is 0 Å². The van der Waals surface area contributed by atoms with E-state index in [1.165, 1.54) is 6.08 Å². The maximum atomic E-state index is 14.8. The molecule has 5 rings (SSSR count). The minimum atomic E-state index is -4.00. The van der Waals surface area contributed by atoms with Gasteiger partial charge in [-0.2, -0.15) is 9.40 Å². The van der Waals surface area contributed by atoms with Crippen LogP contribution in [-0.2, 0) is 24.3 Å². The summed E-state index contributed by atoms with van der Waals surface area (Å²) < 4.78 is 44.8. The second-order valence-electron chi connectivity index (χ2n) is 17.1. The minimum Gasteiger partial charge on any atom is -0.444 e. The van der Waals surface area contributed by atoms with Crippen molar-refractivity contribution in [1.29, 1.82) is 0 Å². The number of benzene rings is 1. The van der Waals surface area contributed by atoms with Crippen molar-refractivity contribution in [1.82, 2.24) is 23.9 Å². The lowest BCUT2D eigenvalue weighted by molar-refractivity contribution is -0.126. The Morgan fingerprint density at radius 3 is 2.28 bits per heavy atom. The van der Waals surface area contributed by atoms with Crippen LogP contribution in [0.3, 0.4) is 0 Å². The smallest absolute Gasteiger partial charge is 0.410 e. The van der Waals surface area contributed by atoms with Crippen molar-refractivity contribution in [2.75, 3.05) is 37.9 Å². The summed E-state index contributed by atoms with van der Waals surface area (Å²) in [7, 11) is -5.37. The molecule has 0 N–H and O–H groups in total. The highest BCUT2D eigenvalue weighted by atomic mass is 32.2. The fourth-order valence-electron chi connectivity index (χ4n) is 7.20. The number of aromatic nitrogens is 2. The van der Waals surface area contributed by atoms with E-state index in [0.29, 0.717) is 38.2 Å². The molecular weight excluding hydrogens is 673 g/mol. The Balaban J connectivity index is 1.56. The first-order valence-electron chi connectivity index (χ1n) is 18.0. The van der Waals surface area contributed by atoms with Gasteiger partial charge in [0.25, 0.3) is 0 Å². The first kappa shape index (κ1) is 38.3. The molecule has 1 aromatic heterocycles. The molecule has 2 saturated heterocycles. The second-order valence-corrected chi connectivity index (χ2v) is 24.6. The lowest BCUT2D eigenvalue weighted by atomic mass is 10.1. The third-order valence-corrected chi connectivity index (χ3v) is 13.9. The molecule has 2 amide bonds. The number of likely N-dealkylation sites (tertiary alicyclic amines) is 1. The minimum absolute atomic E-state index is 0.00264. The number of amides is 2. The monoisotopic (exact) mass is 730 g/mol. The van der Waals surface area contributed by atoms with Crippen LogP contribution in [0.5, 0.6) is 0 Å². The maximum absolute atomic E-state index is 14.8. The van der Waals surface area contributed by atoms with Crippen LogP contribution in [0.15, 0.2) is 35.9 Å². The molecule has 50 heavy (non-hydrogen) atoms. The van der Waals surface area contributed by atoms with E-state index in [1.54, 1.807) is 32.4 Å². The fourth-order valence-corrected chi connectivity index (χ4v) is 9.71. The van der Waals surface area contributed by atoms with Gasteiger partial charge >= 0.3 is 6.09 Å². The summed E-state index contributed by atoms with van der Waals surface area (Å²) >= 11 is 0. The van der Waals surface area contributed by atoms with Crippen LogP contribution in [-0.4, -0.2) is 115 Å². The Bertz CT molecular complexity index is 1700. The lowest BCUT2D eigenvalue weighted by Gasteiger charge is -2.45. The highest BCUT2D eigenvalue weighted by molar-refractivity contribution is 7.89. The Hall–Kier alpha value is -2.94. The molecule has 3 heterocycles. The molecule has 2 aliphatic heterocycles. The third kappa shape index (κ3) is 8.08. The molecule has 14 heteroatoms. The zero-order chi connectivity index (χ0) is 37.0. The van der Waals surface area contributed by atoms with Crippen LogP contribution in [0.2, 0.25) is 25.7 Å². The average molecular weight is 731 g/mol. The third-order valence-electron chi connectivity index (χ3n) is 10.3. The molecule has 12 nitrogen and oxygen atoms in total. The number of carbonyl (C=O) groups is 2. The molecule has 3 aliphatic rings. The first-order chi connectivity index (χ1) is 23.1. The number of carbonyl (C=O) groups excluding carboxylic acids is 2. The largest absolute Gasteiger partial charge is 0.444 e. The van der Waals surface area contributed by atoms with Gasteiger partial charge in [-0.1, -0.05) is 26.2 Å². The van der Waals surface area contributed by atoms with E-state index >= 15 is 0 Å². The number of hydrogen-bond acceptors (Lipinski definition) is 8. The standard InChI is InChI=1S/C36H58N6O6SSi/c1-12-33(43)39-23-28(17-25(39)2)42-32-19-29(49(45,46)40(36(8)13-14-36)24-47-15-16-50(9,10)11)18-31(30(32)20-37-42)38-21-26(3)41(27(4)22-38)34(44)48-35(5,6)7/h12,18-20,25-28H,1,13-17,21-24H2,2-11H3/t25-,26-,27-,28+/m0/s1. The van der Waals surface area contributed by atoms with Gasteiger partial charge in [0.05, 0.1) is 34.7 Å². The summed E-state index contributed by atoms with van der Waals surface area (Å²) in [6, 6.07) is 3.92. The van der Waals surface area contributed by atoms with Gasteiger partial charge in [-0.25, -0.2) is 13.2 Å². The Labute approximate surface area is 299 Å². The molecule has 278 valence electrons. The van der Waals surface area contributed by atoms with Crippen LogP contribution in [0.4, 0.5) is 10.5 Å². The molecule has 0 spiro atoms. The Kier molecular flexibility index (Phi) is 10.6. The Morgan fingerprint density at radius 1 is 1.08 bits per heavy atom. The highest BCUT2D eigenvalue weighted by Crippen LogP contribution is 2.45. The number of hydrogen-bond donors (Lipinski definition) is 0. The summed E-state index contributed by atoms with van der Waals surface area (Å²) in [6.45, 7) is 26.0. The van der Waals surface area contributed by atoms with E-state index in [4.69, 9.17) is 14.6 Å². The number of sulfonamides is 1. The van der Waals surface area contributed by atoms with Crippen molar-refractivity contribution < 1.29 is 27.5 Å². The summed E-state index contributed by atoms with van der Waals surface area (Å²) in [4.78, 5) is 31.8. The number of piperazine rings is 1. The molecule has 0 bridgehead atoms.